The lowest BCUT2D eigenvalue weighted by atomic mass is 10.1. The van der Waals surface area contributed by atoms with E-state index in [4.69, 9.17) is 19.2 Å². The molecule has 7 nitrogen and oxygen atoms in total. The molecule has 7 heteroatoms. The quantitative estimate of drug-likeness (QED) is 0.240. The molecule has 1 aromatic heterocycles. The van der Waals surface area contributed by atoms with E-state index in [2.05, 4.69) is 35.9 Å². The van der Waals surface area contributed by atoms with Gasteiger partial charge >= 0.3 is 0 Å². The summed E-state index contributed by atoms with van der Waals surface area (Å²) >= 11 is 0. The molecule has 0 aliphatic carbocycles. The third-order valence-electron chi connectivity index (χ3n) is 6.81. The topological polar surface area (TPSA) is 74.6 Å². The average molecular weight is 516 g/mol. The van der Waals surface area contributed by atoms with E-state index in [1.165, 1.54) is 11.1 Å². The highest BCUT2D eigenvalue weighted by Crippen LogP contribution is 2.27. The van der Waals surface area contributed by atoms with Crippen molar-refractivity contribution in [3.8, 4) is 17.2 Å². The molecule has 0 aliphatic rings. The Bertz CT molecular complexity index is 1380. The second-order valence-electron chi connectivity index (χ2n) is 9.39. The highest BCUT2D eigenvalue weighted by atomic mass is 16.5. The number of carbonyl (C=O) groups is 1. The Morgan fingerprint density at radius 3 is 2.55 bits per heavy atom. The van der Waals surface area contributed by atoms with Crippen molar-refractivity contribution >= 4 is 16.9 Å². The van der Waals surface area contributed by atoms with Crippen molar-refractivity contribution in [2.45, 2.75) is 46.1 Å². The molecule has 38 heavy (non-hydrogen) atoms. The molecular weight excluding hydrogens is 478 g/mol. The minimum absolute atomic E-state index is 0.0385. The first-order chi connectivity index (χ1) is 18.5. The monoisotopic (exact) mass is 515 g/mol. The molecule has 0 spiro atoms. The Kier molecular flexibility index (Phi) is 9.25. The highest BCUT2D eigenvalue weighted by molar-refractivity contribution is 5.79. The Hall–Kier alpha value is -4.00. The van der Waals surface area contributed by atoms with Gasteiger partial charge < -0.3 is 24.1 Å². The number of benzene rings is 3. The molecule has 1 amide bonds. The second-order valence-corrected chi connectivity index (χ2v) is 9.39. The number of hydrogen-bond acceptors (Lipinski definition) is 5. The maximum Gasteiger partial charge on any atom is 0.224 e. The molecule has 1 heterocycles. The van der Waals surface area contributed by atoms with Crippen LogP contribution in [-0.4, -0.2) is 42.8 Å². The molecule has 0 atom stereocenters. The van der Waals surface area contributed by atoms with Gasteiger partial charge in [-0.1, -0.05) is 30.3 Å². The largest absolute Gasteiger partial charge is 0.493 e. The molecule has 1 N–H and O–H groups in total. The number of nitrogens with one attached hydrogen (secondary N) is 1. The molecule has 0 bridgehead atoms. The molecule has 0 saturated heterocycles. The van der Waals surface area contributed by atoms with Gasteiger partial charge in [0, 0.05) is 19.5 Å². The van der Waals surface area contributed by atoms with Crippen molar-refractivity contribution in [3.05, 3.63) is 83.2 Å². The van der Waals surface area contributed by atoms with Crippen LogP contribution in [0.3, 0.4) is 0 Å². The number of amides is 1. The van der Waals surface area contributed by atoms with Gasteiger partial charge in [-0.05, 0) is 73.7 Å². The number of aryl methyl sites for hydroxylation is 2. The number of unbranched alkanes of at least 4 members (excludes halogenated alkanes) is 1. The standard InChI is InChI=1S/C31H37N3O4/c1-22-10-9-13-27(23(22)2)38-19-8-7-18-34-26-12-6-5-11-25(26)33-30(34)16-17-32-31(35)21-24-14-15-28(36-3)29(20-24)37-4/h5-6,9-15,20H,7-8,16-19,21H2,1-4H3,(H,32,35). The molecule has 0 fully saturated rings. The Balaban J connectivity index is 1.31. The molecule has 4 rings (SSSR count). The van der Waals surface area contributed by atoms with Crippen molar-refractivity contribution in [2.75, 3.05) is 27.4 Å². The van der Waals surface area contributed by atoms with Crippen LogP contribution in [0.1, 0.15) is 35.4 Å². The van der Waals surface area contributed by atoms with E-state index >= 15 is 0 Å². The fourth-order valence-corrected chi connectivity index (χ4v) is 4.55. The number of ether oxygens (including phenoxy) is 3. The van der Waals surface area contributed by atoms with Crippen LogP contribution < -0.4 is 19.5 Å². The fourth-order valence-electron chi connectivity index (χ4n) is 4.55. The number of para-hydroxylation sites is 2. The highest BCUT2D eigenvalue weighted by Gasteiger charge is 2.12. The van der Waals surface area contributed by atoms with E-state index in [1.54, 1.807) is 14.2 Å². The molecule has 0 saturated carbocycles. The second kappa shape index (κ2) is 13.0. The smallest absolute Gasteiger partial charge is 0.224 e. The number of nitrogens with zero attached hydrogens (tertiary/aromatic N) is 2. The first kappa shape index (κ1) is 27.0. The van der Waals surface area contributed by atoms with Crippen LogP contribution in [0, 0.1) is 13.8 Å². The zero-order valence-corrected chi connectivity index (χ0v) is 22.8. The Labute approximate surface area is 224 Å². The SMILES string of the molecule is COc1ccc(CC(=O)NCCc2nc3ccccc3n2CCCCOc2cccc(C)c2C)cc1OC. The summed E-state index contributed by atoms with van der Waals surface area (Å²) in [6.45, 7) is 6.25. The summed E-state index contributed by atoms with van der Waals surface area (Å²) in [4.78, 5) is 17.4. The minimum Gasteiger partial charge on any atom is -0.493 e. The lowest BCUT2D eigenvalue weighted by Crippen LogP contribution is -2.28. The molecule has 0 radical (unpaired) electrons. The van der Waals surface area contributed by atoms with Crippen LogP contribution in [0.15, 0.2) is 60.7 Å². The molecular formula is C31H37N3O4. The third kappa shape index (κ3) is 6.65. The van der Waals surface area contributed by atoms with Crippen LogP contribution >= 0.6 is 0 Å². The maximum atomic E-state index is 12.6. The number of methoxy groups -OCH3 is 2. The minimum atomic E-state index is -0.0385. The van der Waals surface area contributed by atoms with Crippen molar-refractivity contribution in [2.24, 2.45) is 0 Å². The summed E-state index contributed by atoms with van der Waals surface area (Å²) in [5, 5.41) is 3.04. The fraction of sp³-hybridized carbons (Fsp3) is 0.355. The number of carbonyl (C=O) groups excluding carboxylic acids is 1. The summed E-state index contributed by atoms with van der Waals surface area (Å²) in [6, 6.07) is 19.9. The zero-order chi connectivity index (χ0) is 26.9. The lowest BCUT2D eigenvalue weighted by Gasteiger charge is -2.12. The predicted molar refractivity (Wildman–Crippen MR) is 150 cm³/mol. The summed E-state index contributed by atoms with van der Waals surface area (Å²) < 4.78 is 18.9. The number of fused-ring (bicyclic) bond motifs is 1. The van der Waals surface area contributed by atoms with Gasteiger partial charge in [0.25, 0.3) is 0 Å². The first-order valence-electron chi connectivity index (χ1n) is 13.1. The van der Waals surface area contributed by atoms with Crippen molar-refractivity contribution in [1.82, 2.24) is 14.9 Å². The van der Waals surface area contributed by atoms with Crippen LogP contribution in [0.5, 0.6) is 17.2 Å². The summed E-state index contributed by atoms with van der Waals surface area (Å²) in [6.07, 6.45) is 2.85. The predicted octanol–water partition coefficient (Wildman–Crippen LogP) is 5.43. The van der Waals surface area contributed by atoms with Gasteiger partial charge in [0.1, 0.15) is 11.6 Å². The van der Waals surface area contributed by atoms with Gasteiger partial charge in [0.15, 0.2) is 11.5 Å². The van der Waals surface area contributed by atoms with Crippen LogP contribution in [0.25, 0.3) is 11.0 Å². The van der Waals surface area contributed by atoms with Crippen LogP contribution in [0.4, 0.5) is 0 Å². The zero-order valence-electron chi connectivity index (χ0n) is 22.8. The summed E-state index contributed by atoms with van der Waals surface area (Å²) in [5.41, 5.74) is 5.41. The van der Waals surface area contributed by atoms with Gasteiger partial charge in [-0.25, -0.2) is 4.98 Å². The number of hydrogen-bond donors (Lipinski definition) is 1. The van der Waals surface area contributed by atoms with E-state index in [1.807, 2.05) is 48.5 Å². The number of imidazole rings is 1. The van der Waals surface area contributed by atoms with E-state index in [9.17, 15) is 4.79 Å². The summed E-state index contributed by atoms with van der Waals surface area (Å²) in [7, 11) is 3.18. The van der Waals surface area contributed by atoms with E-state index in [0.29, 0.717) is 31.1 Å². The average Bonchev–Trinajstić information content (AvgIpc) is 3.27. The van der Waals surface area contributed by atoms with Crippen LogP contribution in [0.2, 0.25) is 0 Å². The van der Waals surface area contributed by atoms with Gasteiger partial charge in [0.05, 0.1) is 38.3 Å². The van der Waals surface area contributed by atoms with Crippen LogP contribution in [-0.2, 0) is 24.2 Å². The number of aromatic nitrogens is 2. The third-order valence-corrected chi connectivity index (χ3v) is 6.81. The van der Waals surface area contributed by atoms with Gasteiger partial charge in [-0.15, -0.1) is 0 Å². The van der Waals surface area contributed by atoms with Crippen molar-refractivity contribution < 1.29 is 19.0 Å². The van der Waals surface area contributed by atoms with E-state index in [-0.39, 0.29) is 12.3 Å². The lowest BCUT2D eigenvalue weighted by molar-refractivity contribution is -0.120. The normalized spacial score (nSPS) is 10.9. The van der Waals surface area contributed by atoms with Gasteiger partial charge in [-0.2, -0.15) is 0 Å². The number of rotatable bonds is 13. The molecule has 3 aromatic carbocycles. The molecule has 4 aromatic rings. The molecule has 0 aliphatic heterocycles. The van der Waals surface area contributed by atoms with Gasteiger partial charge in [-0.3, -0.25) is 4.79 Å². The Morgan fingerprint density at radius 2 is 1.74 bits per heavy atom. The maximum absolute atomic E-state index is 12.6. The van der Waals surface area contributed by atoms with Crippen molar-refractivity contribution in [1.29, 1.82) is 0 Å². The summed E-state index contributed by atoms with van der Waals surface area (Å²) in [5.74, 6) is 3.16. The van der Waals surface area contributed by atoms with E-state index in [0.717, 1.165) is 47.6 Å². The Morgan fingerprint density at radius 1 is 0.921 bits per heavy atom. The first-order valence-corrected chi connectivity index (χ1v) is 13.1. The van der Waals surface area contributed by atoms with E-state index < -0.39 is 0 Å². The van der Waals surface area contributed by atoms with Crippen molar-refractivity contribution in [3.63, 3.8) is 0 Å². The van der Waals surface area contributed by atoms with Gasteiger partial charge in [0.2, 0.25) is 5.91 Å². The molecule has 0 unspecified atom stereocenters. The molecule has 200 valence electrons.